The predicted molar refractivity (Wildman–Crippen MR) is 70.9 cm³/mol. The highest BCUT2D eigenvalue weighted by molar-refractivity contribution is 5.89. The van der Waals surface area contributed by atoms with Gasteiger partial charge in [-0.2, -0.15) is 0 Å². The fraction of sp³-hybridized carbons (Fsp3) is 0.692. The van der Waals surface area contributed by atoms with Crippen LogP contribution in [0.1, 0.15) is 26.0 Å². The maximum Gasteiger partial charge on any atom is 0.226 e. The number of hydrogen-bond acceptors (Lipinski definition) is 5. The van der Waals surface area contributed by atoms with Crippen LogP contribution in [0.2, 0.25) is 0 Å². The molecule has 1 amide bonds. The fourth-order valence-electron chi connectivity index (χ4n) is 2.36. The van der Waals surface area contributed by atoms with Gasteiger partial charge in [0.15, 0.2) is 5.82 Å². The third-order valence-corrected chi connectivity index (χ3v) is 3.05. The Labute approximate surface area is 113 Å². The summed E-state index contributed by atoms with van der Waals surface area (Å²) in [7, 11) is 0. The van der Waals surface area contributed by atoms with Crippen molar-refractivity contribution in [3.63, 3.8) is 0 Å². The minimum Gasteiger partial charge on any atom is -0.373 e. The van der Waals surface area contributed by atoms with E-state index < -0.39 is 0 Å². The summed E-state index contributed by atoms with van der Waals surface area (Å²) in [6, 6.07) is 1.71. The number of rotatable bonds is 4. The van der Waals surface area contributed by atoms with Crippen LogP contribution >= 0.6 is 0 Å². The fourth-order valence-corrected chi connectivity index (χ4v) is 2.36. The number of aromatic nitrogens is 1. The monoisotopic (exact) mass is 267 g/mol. The maximum atomic E-state index is 11.8. The summed E-state index contributed by atoms with van der Waals surface area (Å²) in [5, 5.41) is 6.46. The highest BCUT2D eigenvalue weighted by Crippen LogP contribution is 2.11. The van der Waals surface area contributed by atoms with E-state index in [9.17, 15) is 4.79 Å². The largest absolute Gasteiger partial charge is 0.373 e. The first-order valence-electron chi connectivity index (χ1n) is 6.64. The summed E-state index contributed by atoms with van der Waals surface area (Å²) < 4.78 is 10.6. The lowest BCUT2D eigenvalue weighted by Crippen LogP contribution is -2.46. The molecule has 2 unspecified atom stereocenters. The van der Waals surface area contributed by atoms with Crippen molar-refractivity contribution in [2.24, 2.45) is 0 Å². The molecular formula is C13H21N3O3. The minimum absolute atomic E-state index is 0.0416. The lowest BCUT2D eigenvalue weighted by Gasteiger charge is -2.35. The van der Waals surface area contributed by atoms with Crippen LogP contribution in [-0.4, -0.2) is 47.8 Å². The van der Waals surface area contributed by atoms with Crippen LogP contribution < -0.4 is 5.32 Å². The number of carbonyl (C=O) groups is 1. The van der Waals surface area contributed by atoms with Crippen LogP contribution in [0.15, 0.2) is 10.6 Å². The number of amides is 1. The summed E-state index contributed by atoms with van der Waals surface area (Å²) in [6.07, 6.45) is 0.903. The van der Waals surface area contributed by atoms with Crippen molar-refractivity contribution in [1.82, 2.24) is 10.1 Å². The van der Waals surface area contributed by atoms with E-state index in [0.717, 1.165) is 19.6 Å². The second-order valence-corrected chi connectivity index (χ2v) is 5.14. The van der Waals surface area contributed by atoms with Crippen LogP contribution in [0.25, 0.3) is 0 Å². The summed E-state index contributed by atoms with van der Waals surface area (Å²) in [6.45, 7) is 8.39. The second kappa shape index (κ2) is 6.16. The van der Waals surface area contributed by atoms with Gasteiger partial charge < -0.3 is 14.6 Å². The third kappa shape index (κ3) is 4.33. The summed E-state index contributed by atoms with van der Waals surface area (Å²) >= 11 is 0. The second-order valence-electron chi connectivity index (χ2n) is 5.14. The number of morpholine rings is 1. The maximum absolute atomic E-state index is 11.8. The number of ether oxygens (including phenoxy) is 1. The molecule has 0 spiro atoms. The number of nitrogens with one attached hydrogen (secondary N) is 1. The molecule has 1 saturated heterocycles. The average Bonchev–Trinajstić information content (AvgIpc) is 2.71. The molecule has 1 aliphatic rings. The van der Waals surface area contributed by atoms with Crippen molar-refractivity contribution < 1.29 is 14.1 Å². The molecule has 0 radical (unpaired) electrons. The SMILES string of the molecule is Cc1cc(NC(=O)CCN2CC(C)OC(C)C2)no1. The lowest BCUT2D eigenvalue weighted by molar-refractivity contribution is -0.117. The average molecular weight is 267 g/mol. The molecule has 2 atom stereocenters. The van der Waals surface area contributed by atoms with Gasteiger partial charge in [-0.25, -0.2) is 0 Å². The zero-order valence-electron chi connectivity index (χ0n) is 11.7. The van der Waals surface area contributed by atoms with E-state index in [1.165, 1.54) is 0 Å². The van der Waals surface area contributed by atoms with E-state index in [1.54, 1.807) is 13.0 Å². The van der Waals surface area contributed by atoms with Gasteiger partial charge in [-0.15, -0.1) is 0 Å². The molecule has 6 nitrogen and oxygen atoms in total. The van der Waals surface area contributed by atoms with Gasteiger partial charge in [0.1, 0.15) is 5.76 Å². The van der Waals surface area contributed by atoms with Gasteiger partial charge in [0.25, 0.3) is 0 Å². The third-order valence-electron chi connectivity index (χ3n) is 3.05. The molecule has 19 heavy (non-hydrogen) atoms. The van der Waals surface area contributed by atoms with E-state index in [4.69, 9.17) is 9.26 Å². The Bertz CT molecular complexity index is 423. The highest BCUT2D eigenvalue weighted by Gasteiger charge is 2.22. The van der Waals surface area contributed by atoms with Crippen LogP contribution in [0, 0.1) is 6.92 Å². The number of hydrogen-bond donors (Lipinski definition) is 1. The molecule has 106 valence electrons. The topological polar surface area (TPSA) is 67.6 Å². The predicted octanol–water partition coefficient (Wildman–Crippen LogP) is 1.42. The Morgan fingerprint density at radius 2 is 2.16 bits per heavy atom. The zero-order valence-corrected chi connectivity index (χ0v) is 11.7. The van der Waals surface area contributed by atoms with Gasteiger partial charge in [0, 0.05) is 32.1 Å². The Balaban J connectivity index is 1.74. The number of anilines is 1. The molecule has 0 aromatic carbocycles. The van der Waals surface area contributed by atoms with Gasteiger partial charge in [0.2, 0.25) is 5.91 Å². The Morgan fingerprint density at radius 3 is 2.74 bits per heavy atom. The molecule has 0 bridgehead atoms. The smallest absolute Gasteiger partial charge is 0.226 e. The normalized spacial score (nSPS) is 24.4. The Morgan fingerprint density at radius 1 is 1.47 bits per heavy atom. The van der Waals surface area contributed by atoms with Gasteiger partial charge in [-0.3, -0.25) is 9.69 Å². The summed E-state index contributed by atoms with van der Waals surface area (Å²) in [5.41, 5.74) is 0. The summed E-state index contributed by atoms with van der Waals surface area (Å²) in [5.74, 6) is 1.12. The van der Waals surface area contributed by atoms with E-state index >= 15 is 0 Å². The molecule has 2 rings (SSSR count). The van der Waals surface area contributed by atoms with Crippen molar-refractivity contribution in [1.29, 1.82) is 0 Å². The Hall–Kier alpha value is -1.40. The molecule has 1 fully saturated rings. The standard InChI is InChI=1S/C13H21N3O3/c1-9-6-12(15-19-9)14-13(17)4-5-16-7-10(2)18-11(3)8-16/h6,10-11H,4-5,7-8H2,1-3H3,(H,14,15,17). The number of aryl methyl sites for hydroxylation is 1. The highest BCUT2D eigenvalue weighted by atomic mass is 16.5. The van der Waals surface area contributed by atoms with Crippen LogP contribution in [-0.2, 0) is 9.53 Å². The molecule has 1 aromatic rings. The van der Waals surface area contributed by atoms with Gasteiger partial charge >= 0.3 is 0 Å². The molecule has 1 aromatic heterocycles. The van der Waals surface area contributed by atoms with Crippen LogP contribution in [0.5, 0.6) is 0 Å². The minimum atomic E-state index is -0.0416. The quantitative estimate of drug-likeness (QED) is 0.893. The van der Waals surface area contributed by atoms with E-state index in [-0.39, 0.29) is 18.1 Å². The van der Waals surface area contributed by atoms with Gasteiger partial charge in [0.05, 0.1) is 12.2 Å². The van der Waals surface area contributed by atoms with Crippen molar-refractivity contribution in [2.45, 2.75) is 39.4 Å². The Kier molecular flexibility index (Phi) is 4.55. The lowest BCUT2D eigenvalue weighted by atomic mass is 10.2. The van der Waals surface area contributed by atoms with Crippen molar-refractivity contribution in [3.8, 4) is 0 Å². The van der Waals surface area contributed by atoms with E-state index in [1.807, 2.05) is 0 Å². The van der Waals surface area contributed by atoms with Crippen molar-refractivity contribution in [2.75, 3.05) is 25.0 Å². The first kappa shape index (κ1) is 14.0. The first-order chi connectivity index (χ1) is 9.02. The van der Waals surface area contributed by atoms with Gasteiger partial charge in [-0.05, 0) is 20.8 Å². The first-order valence-corrected chi connectivity index (χ1v) is 6.64. The van der Waals surface area contributed by atoms with Crippen LogP contribution in [0.4, 0.5) is 5.82 Å². The van der Waals surface area contributed by atoms with Crippen molar-refractivity contribution >= 4 is 11.7 Å². The van der Waals surface area contributed by atoms with E-state index in [2.05, 4.69) is 29.2 Å². The molecule has 0 saturated carbocycles. The molecule has 1 N–H and O–H groups in total. The van der Waals surface area contributed by atoms with Gasteiger partial charge in [-0.1, -0.05) is 5.16 Å². The number of carbonyl (C=O) groups excluding carboxylic acids is 1. The molecule has 1 aliphatic heterocycles. The van der Waals surface area contributed by atoms with Crippen LogP contribution in [0.3, 0.4) is 0 Å². The zero-order chi connectivity index (χ0) is 13.8. The van der Waals surface area contributed by atoms with E-state index in [0.29, 0.717) is 18.0 Å². The number of nitrogens with zero attached hydrogens (tertiary/aromatic N) is 2. The molecule has 2 heterocycles. The van der Waals surface area contributed by atoms with Crippen molar-refractivity contribution in [3.05, 3.63) is 11.8 Å². The molecule has 6 heteroatoms. The molecule has 0 aliphatic carbocycles. The summed E-state index contributed by atoms with van der Waals surface area (Å²) in [4.78, 5) is 14.0. The molecular weight excluding hydrogens is 246 g/mol.